The number of aryl methyl sites for hydroxylation is 1. The number of hydrogen-bond acceptors (Lipinski definition) is 4. The minimum Gasteiger partial charge on any atom is -0.482 e. The largest absolute Gasteiger partial charge is 0.482 e. The number of fused-ring (bicyclic) bond motifs is 1. The van der Waals surface area contributed by atoms with Crippen molar-refractivity contribution < 1.29 is 14.3 Å². The molecule has 0 saturated carbocycles. The fourth-order valence-corrected chi connectivity index (χ4v) is 4.64. The molecule has 0 bridgehead atoms. The van der Waals surface area contributed by atoms with Gasteiger partial charge >= 0.3 is 0 Å². The Morgan fingerprint density at radius 1 is 0.944 bits per heavy atom. The molecule has 0 spiro atoms. The first-order valence-electron chi connectivity index (χ1n) is 12.4. The van der Waals surface area contributed by atoms with Crippen LogP contribution in [0.15, 0.2) is 78.9 Å². The standard InChI is InChI=1S/C30H31N3O3/c1-23-9-14-28-27(20-23)33(29(34)22-36-28)21-25-10-12-26(13-11-25)30(35)32-18-16-31(17-19-32)15-5-8-24-6-3-2-4-7-24/h2-14,20H,15-19,21-22H2,1H3. The summed E-state index contributed by atoms with van der Waals surface area (Å²) in [5.41, 5.74) is 4.73. The van der Waals surface area contributed by atoms with Crippen molar-refractivity contribution in [1.82, 2.24) is 9.80 Å². The van der Waals surface area contributed by atoms with Crippen molar-refractivity contribution in [3.8, 4) is 5.75 Å². The number of benzene rings is 3. The van der Waals surface area contributed by atoms with Gasteiger partial charge in [0.2, 0.25) is 0 Å². The van der Waals surface area contributed by atoms with Crippen LogP contribution in [0.3, 0.4) is 0 Å². The summed E-state index contributed by atoms with van der Waals surface area (Å²) in [6.45, 7) is 6.54. The van der Waals surface area contributed by atoms with Gasteiger partial charge in [0, 0.05) is 38.3 Å². The van der Waals surface area contributed by atoms with Crippen molar-refractivity contribution in [1.29, 1.82) is 0 Å². The van der Waals surface area contributed by atoms with Crippen LogP contribution in [0.5, 0.6) is 5.75 Å². The zero-order chi connectivity index (χ0) is 24.9. The van der Waals surface area contributed by atoms with Crippen LogP contribution in [-0.2, 0) is 11.3 Å². The topological polar surface area (TPSA) is 53.1 Å². The summed E-state index contributed by atoms with van der Waals surface area (Å²) in [5.74, 6) is 0.718. The predicted molar refractivity (Wildman–Crippen MR) is 142 cm³/mol. The maximum absolute atomic E-state index is 13.1. The van der Waals surface area contributed by atoms with Crippen molar-refractivity contribution in [3.05, 3.63) is 101 Å². The number of amides is 2. The van der Waals surface area contributed by atoms with E-state index in [1.54, 1.807) is 4.90 Å². The van der Waals surface area contributed by atoms with Gasteiger partial charge in [0.15, 0.2) is 6.61 Å². The fourth-order valence-electron chi connectivity index (χ4n) is 4.64. The molecule has 0 radical (unpaired) electrons. The zero-order valence-corrected chi connectivity index (χ0v) is 20.6. The third-order valence-corrected chi connectivity index (χ3v) is 6.73. The number of ether oxygens (including phenoxy) is 1. The van der Waals surface area contributed by atoms with E-state index in [1.807, 2.05) is 72.5 Å². The summed E-state index contributed by atoms with van der Waals surface area (Å²) in [6, 6.07) is 23.8. The van der Waals surface area contributed by atoms with Crippen LogP contribution >= 0.6 is 0 Å². The van der Waals surface area contributed by atoms with Crippen LogP contribution in [0.25, 0.3) is 6.08 Å². The van der Waals surface area contributed by atoms with Crippen molar-refractivity contribution in [2.45, 2.75) is 13.5 Å². The lowest BCUT2D eigenvalue weighted by Crippen LogP contribution is -2.48. The number of carbonyl (C=O) groups is 2. The molecule has 5 rings (SSSR count). The van der Waals surface area contributed by atoms with Gasteiger partial charge in [-0.2, -0.15) is 0 Å². The van der Waals surface area contributed by atoms with Crippen molar-refractivity contribution in [3.63, 3.8) is 0 Å². The third kappa shape index (κ3) is 5.50. The highest BCUT2D eigenvalue weighted by Gasteiger charge is 2.26. The molecule has 0 aliphatic carbocycles. The van der Waals surface area contributed by atoms with E-state index in [0.717, 1.165) is 55.3 Å². The maximum Gasteiger partial charge on any atom is 0.265 e. The average molecular weight is 482 g/mol. The molecule has 1 saturated heterocycles. The Hall–Kier alpha value is -3.90. The molecule has 1 fully saturated rings. The Morgan fingerprint density at radius 3 is 2.44 bits per heavy atom. The highest BCUT2D eigenvalue weighted by Crippen LogP contribution is 2.33. The van der Waals surface area contributed by atoms with E-state index < -0.39 is 0 Å². The van der Waals surface area contributed by atoms with Gasteiger partial charge in [0.1, 0.15) is 5.75 Å². The lowest BCUT2D eigenvalue weighted by atomic mass is 10.1. The predicted octanol–water partition coefficient (Wildman–Crippen LogP) is 4.39. The smallest absolute Gasteiger partial charge is 0.265 e. The van der Waals surface area contributed by atoms with E-state index in [-0.39, 0.29) is 18.4 Å². The molecule has 2 heterocycles. The van der Waals surface area contributed by atoms with E-state index in [1.165, 1.54) is 5.56 Å². The number of nitrogens with zero attached hydrogens (tertiary/aromatic N) is 3. The van der Waals surface area contributed by atoms with Crippen LogP contribution in [0.2, 0.25) is 0 Å². The fraction of sp³-hybridized carbons (Fsp3) is 0.267. The van der Waals surface area contributed by atoms with E-state index >= 15 is 0 Å². The second-order valence-corrected chi connectivity index (χ2v) is 9.34. The molecular weight excluding hydrogens is 450 g/mol. The Balaban J connectivity index is 1.15. The second kappa shape index (κ2) is 10.8. The summed E-state index contributed by atoms with van der Waals surface area (Å²) in [6.07, 6.45) is 4.33. The van der Waals surface area contributed by atoms with Crippen LogP contribution < -0.4 is 9.64 Å². The Bertz CT molecular complexity index is 1250. The quantitative estimate of drug-likeness (QED) is 0.524. The molecule has 3 aromatic carbocycles. The van der Waals surface area contributed by atoms with E-state index in [2.05, 4.69) is 29.2 Å². The first kappa shape index (κ1) is 23.8. The number of piperazine rings is 1. The van der Waals surface area contributed by atoms with Crippen molar-refractivity contribution >= 4 is 23.6 Å². The summed E-state index contributed by atoms with van der Waals surface area (Å²) in [4.78, 5) is 31.7. The Kier molecular flexibility index (Phi) is 7.14. The second-order valence-electron chi connectivity index (χ2n) is 9.34. The third-order valence-electron chi connectivity index (χ3n) is 6.73. The van der Waals surface area contributed by atoms with E-state index in [9.17, 15) is 9.59 Å². The van der Waals surface area contributed by atoms with Gasteiger partial charge in [0.25, 0.3) is 11.8 Å². The Morgan fingerprint density at radius 2 is 1.69 bits per heavy atom. The molecule has 3 aromatic rings. The van der Waals surface area contributed by atoms with Gasteiger partial charge in [-0.25, -0.2) is 0 Å². The lowest BCUT2D eigenvalue weighted by Gasteiger charge is -2.34. The van der Waals surface area contributed by atoms with E-state index in [0.29, 0.717) is 12.1 Å². The average Bonchev–Trinajstić information content (AvgIpc) is 2.91. The highest BCUT2D eigenvalue weighted by atomic mass is 16.5. The number of anilines is 1. The molecule has 6 heteroatoms. The molecule has 2 amide bonds. The summed E-state index contributed by atoms with van der Waals surface area (Å²) in [7, 11) is 0. The number of rotatable bonds is 6. The van der Waals surface area contributed by atoms with Crippen LogP contribution in [0.1, 0.15) is 27.0 Å². The van der Waals surface area contributed by atoms with Gasteiger partial charge in [-0.1, -0.05) is 60.7 Å². The molecule has 2 aliphatic heterocycles. The van der Waals surface area contributed by atoms with Crippen LogP contribution in [0, 0.1) is 6.92 Å². The number of carbonyl (C=O) groups excluding carboxylic acids is 2. The summed E-state index contributed by atoms with van der Waals surface area (Å²) >= 11 is 0. The molecule has 2 aliphatic rings. The van der Waals surface area contributed by atoms with Crippen molar-refractivity contribution in [2.24, 2.45) is 0 Å². The van der Waals surface area contributed by atoms with Crippen LogP contribution in [0.4, 0.5) is 5.69 Å². The molecule has 184 valence electrons. The van der Waals surface area contributed by atoms with Gasteiger partial charge in [-0.15, -0.1) is 0 Å². The molecule has 0 atom stereocenters. The van der Waals surface area contributed by atoms with Crippen LogP contribution in [-0.4, -0.2) is 60.9 Å². The zero-order valence-electron chi connectivity index (χ0n) is 20.6. The lowest BCUT2D eigenvalue weighted by molar-refractivity contribution is -0.121. The minimum absolute atomic E-state index is 0.0423. The van der Waals surface area contributed by atoms with Crippen molar-refractivity contribution in [2.75, 3.05) is 44.2 Å². The van der Waals surface area contributed by atoms with Gasteiger partial charge < -0.3 is 14.5 Å². The maximum atomic E-state index is 13.1. The molecular formula is C30H31N3O3. The van der Waals surface area contributed by atoms with Gasteiger partial charge in [-0.3, -0.25) is 14.5 Å². The molecule has 0 unspecified atom stereocenters. The first-order valence-corrected chi connectivity index (χ1v) is 12.4. The monoisotopic (exact) mass is 481 g/mol. The number of hydrogen-bond donors (Lipinski definition) is 0. The molecule has 6 nitrogen and oxygen atoms in total. The molecule has 0 aromatic heterocycles. The Labute approximate surface area is 212 Å². The summed E-state index contributed by atoms with van der Waals surface area (Å²) < 4.78 is 5.58. The first-order chi connectivity index (χ1) is 17.6. The van der Waals surface area contributed by atoms with Gasteiger partial charge in [0.05, 0.1) is 12.2 Å². The SMILES string of the molecule is Cc1ccc2c(c1)N(Cc1ccc(C(=O)N3CCN(CC=Cc4ccccc4)CC3)cc1)C(=O)CO2. The highest BCUT2D eigenvalue weighted by molar-refractivity contribution is 5.98. The van der Waals surface area contributed by atoms with E-state index in [4.69, 9.17) is 4.74 Å². The summed E-state index contributed by atoms with van der Waals surface area (Å²) in [5, 5.41) is 0. The normalized spacial score (nSPS) is 16.2. The molecule has 36 heavy (non-hydrogen) atoms. The minimum atomic E-state index is -0.0651. The molecule has 0 N–H and O–H groups in total. The van der Waals surface area contributed by atoms with Gasteiger partial charge in [-0.05, 0) is 47.9 Å².